The van der Waals surface area contributed by atoms with E-state index < -0.39 is 23.7 Å². The Morgan fingerprint density at radius 1 is 0.973 bits per heavy atom. The molecule has 1 N–H and O–H groups in total. The van der Waals surface area contributed by atoms with Crippen LogP contribution in [0, 0.1) is 12.7 Å². The molecule has 184 valence electrons. The van der Waals surface area contributed by atoms with Crippen LogP contribution in [0.5, 0.6) is 5.75 Å². The molecule has 0 radical (unpaired) electrons. The number of benzene rings is 4. The van der Waals surface area contributed by atoms with E-state index >= 15 is 0 Å². The Hall–Kier alpha value is -4.49. The number of imide groups is 2. The Labute approximate surface area is 216 Å². The minimum Gasteiger partial charge on any atom is -0.488 e. The third kappa shape index (κ3) is 4.69. The Morgan fingerprint density at radius 2 is 1.73 bits per heavy atom. The number of ether oxygens (including phenoxy) is 1. The first-order valence-corrected chi connectivity index (χ1v) is 11.8. The van der Waals surface area contributed by atoms with Crippen molar-refractivity contribution in [1.29, 1.82) is 0 Å². The van der Waals surface area contributed by atoms with Crippen molar-refractivity contribution in [2.45, 2.75) is 13.5 Å². The lowest BCUT2D eigenvalue weighted by atomic mass is 9.99. The van der Waals surface area contributed by atoms with Gasteiger partial charge in [0.15, 0.2) is 0 Å². The Bertz CT molecular complexity index is 1620. The van der Waals surface area contributed by atoms with Crippen LogP contribution in [0.1, 0.15) is 16.7 Å². The highest BCUT2D eigenvalue weighted by atomic mass is 35.5. The second-order valence-electron chi connectivity index (χ2n) is 8.47. The smallest absolute Gasteiger partial charge is 0.335 e. The summed E-state index contributed by atoms with van der Waals surface area (Å²) in [5, 5.41) is 4.12. The van der Waals surface area contributed by atoms with Crippen LogP contribution in [0.2, 0.25) is 5.02 Å². The summed E-state index contributed by atoms with van der Waals surface area (Å²) in [6.07, 6.45) is 1.40. The molecule has 4 amide bonds. The normalized spacial score (nSPS) is 14.8. The topological polar surface area (TPSA) is 75.7 Å². The van der Waals surface area contributed by atoms with Crippen LogP contribution < -0.4 is 15.0 Å². The number of aryl methyl sites for hydroxylation is 1. The summed E-state index contributed by atoms with van der Waals surface area (Å²) in [7, 11) is 0. The highest BCUT2D eigenvalue weighted by Gasteiger charge is 2.37. The second kappa shape index (κ2) is 9.87. The number of halogens is 2. The second-order valence-corrected chi connectivity index (χ2v) is 8.90. The molecule has 1 aliphatic heterocycles. The molecule has 8 heteroatoms. The number of hydrogen-bond donors (Lipinski definition) is 1. The van der Waals surface area contributed by atoms with Gasteiger partial charge in [-0.1, -0.05) is 66.2 Å². The lowest BCUT2D eigenvalue weighted by Crippen LogP contribution is -2.54. The number of barbiturate groups is 1. The zero-order chi connectivity index (χ0) is 26.1. The maximum Gasteiger partial charge on any atom is 0.335 e. The molecule has 0 spiro atoms. The van der Waals surface area contributed by atoms with Crippen LogP contribution in [-0.2, 0) is 16.2 Å². The minimum absolute atomic E-state index is 0.0619. The SMILES string of the molecule is Cc1ccc(Cl)cc1N1C(=O)NC(=O)/C(=C\c2c(OCc3ccccc3F)ccc3ccccc23)C1=O. The van der Waals surface area contributed by atoms with E-state index in [0.29, 0.717) is 32.8 Å². The molecule has 0 saturated carbocycles. The number of hydrogen-bond acceptors (Lipinski definition) is 4. The van der Waals surface area contributed by atoms with E-state index in [9.17, 15) is 18.8 Å². The molecule has 0 aliphatic carbocycles. The van der Waals surface area contributed by atoms with E-state index in [0.717, 1.165) is 10.3 Å². The minimum atomic E-state index is -0.869. The summed E-state index contributed by atoms with van der Waals surface area (Å²) in [5.74, 6) is -1.69. The van der Waals surface area contributed by atoms with Crippen molar-refractivity contribution in [2.75, 3.05) is 4.90 Å². The molecule has 1 fully saturated rings. The maximum atomic E-state index is 14.2. The van der Waals surface area contributed by atoms with Gasteiger partial charge in [-0.05, 0) is 53.6 Å². The fourth-order valence-corrected chi connectivity index (χ4v) is 4.33. The van der Waals surface area contributed by atoms with Gasteiger partial charge in [0.1, 0.15) is 23.7 Å². The van der Waals surface area contributed by atoms with E-state index in [1.165, 1.54) is 18.2 Å². The number of rotatable bonds is 5. The first-order valence-electron chi connectivity index (χ1n) is 11.4. The summed E-state index contributed by atoms with van der Waals surface area (Å²) in [4.78, 5) is 40.0. The molecule has 0 bridgehead atoms. The average Bonchev–Trinajstić information content (AvgIpc) is 2.88. The largest absolute Gasteiger partial charge is 0.488 e. The number of anilines is 1. The highest BCUT2D eigenvalue weighted by molar-refractivity contribution is 6.40. The summed E-state index contributed by atoms with van der Waals surface area (Å²) < 4.78 is 20.2. The molecule has 37 heavy (non-hydrogen) atoms. The van der Waals surface area contributed by atoms with Crippen molar-refractivity contribution >= 4 is 52.0 Å². The van der Waals surface area contributed by atoms with Crippen LogP contribution in [0.4, 0.5) is 14.9 Å². The average molecular weight is 515 g/mol. The number of nitrogens with zero attached hydrogens (tertiary/aromatic N) is 1. The van der Waals surface area contributed by atoms with E-state index in [-0.39, 0.29) is 17.9 Å². The van der Waals surface area contributed by atoms with E-state index in [1.54, 1.807) is 43.3 Å². The Kier molecular flexibility index (Phi) is 6.46. The summed E-state index contributed by atoms with van der Waals surface area (Å²) >= 11 is 6.11. The molecule has 0 unspecified atom stereocenters. The predicted octanol–water partition coefficient (Wildman–Crippen LogP) is 6.19. The third-order valence-electron chi connectivity index (χ3n) is 6.07. The molecule has 4 aromatic carbocycles. The van der Waals surface area contributed by atoms with E-state index in [1.807, 2.05) is 30.3 Å². The molecule has 6 nitrogen and oxygen atoms in total. The zero-order valence-corrected chi connectivity index (χ0v) is 20.4. The standard InChI is InChI=1S/C29H20ClFN2O4/c1-17-10-12-20(30)14-25(17)33-28(35)23(27(34)32-29(33)36)15-22-21-8-4-2-6-18(21)11-13-26(22)37-16-19-7-3-5-9-24(19)31/h2-15H,16H2,1H3,(H,32,34,36)/b23-15+. The van der Waals surface area contributed by atoms with Crippen LogP contribution in [0.25, 0.3) is 16.8 Å². The molecule has 0 atom stereocenters. The number of carbonyl (C=O) groups is 3. The van der Waals surface area contributed by atoms with Gasteiger partial charge < -0.3 is 4.74 Å². The van der Waals surface area contributed by atoms with Crippen LogP contribution in [0.3, 0.4) is 0 Å². The summed E-state index contributed by atoms with van der Waals surface area (Å²) in [6.45, 7) is 1.67. The number of amides is 4. The molecule has 4 aromatic rings. The molecule has 1 aliphatic rings. The van der Waals surface area contributed by atoms with Gasteiger partial charge in [-0.15, -0.1) is 0 Å². The Balaban J connectivity index is 1.61. The lowest BCUT2D eigenvalue weighted by molar-refractivity contribution is -0.122. The Morgan fingerprint density at radius 3 is 2.54 bits per heavy atom. The fraction of sp³-hybridized carbons (Fsp3) is 0.0690. The van der Waals surface area contributed by atoms with Crippen molar-refractivity contribution in [1.82, 2.24) is 5.32 Å². The molecule has 1 heterocycles. The summed E-state index contributed by atoms with van der Waals surface area (Å²) in [5.41, 5.74) is 1.44. The monoisotopic (exact) mass is 514 g/mol. The van der Waals surface area contributed by atoms with Crippen molar-refractivity contribution in [2.24, 2.45) is 0 Å². The van der Waals surface area contributed by atoms with Crippen molar-refractivity contribution < 1.29 is 23.5 Å². The van der Waals surface area contributed by atoms with Crippen LogP contribution >= 0.6 is 11.6 Å². The molecule has 0 aromatic heterocycles. The number of fused-ring (bicyclic) bond motifs is 1. The van der Waals surface area contributed by atoms with Gasteiger partial charge in [0, 0.05) is 16.1 Å². The van der Waals surface area contributed by atoms with Crippen molar-refractivity contribution in [3.05, 3.63) is 112 Å². The first kappa shape index (κ1) is 24.2. The maximum absolute atomic E-state index is 14.2. The summed E-state index contributed by atoms with van der Waals surface area (Å²) in [6, 6.07) is 21.1. The van der Waals surface area contributed by atoms with Gasteiger partial charge >= 0.3 is 6.03 Å². The first-order chi connectivity index (χ1) is 17.8. The number of nitrogens with one attached hydrogen (secondary N) is 1. The fourth-order valence-electron chi connectivity index (χ4n) is 4.17. The molecular weight excluding hydrogens is 495 g/mol. The molecule has 5 rings (SSSR count). The molecule has 1 saturated heterocycles. The van der Waals surface area contributed by atoms with Gasteiger partial charge in [0.2, 0.25) is 0 Å². The van der Waals surface area contributed by atoms with Crippen LogP contribution in [-0.4, -0.2) is 17.8 Å². The van der Waals surface area contributed by atoms with Gasteiger partial charge in [-0.3, -0.25) is 14.9 Å². The van der Waals surface area contributed by atoms with Gasteiger partial charge in [0.05, 0.1) is 5.69 Å². The highest BCUT2D eigenvalue weighted by Crippen LogP contribution is 2.33. The van der Waals surface area contributed by atoms with Crippen LogP contribution in [0.15, 0.2) is 84.4 Å². The number of carbonyl (C=O) groups excluding carboxylic acids is 3. The third-order valence-corrected chi connectivity index (χ3v) is 6.31. The lowest BCUT2D eigenvalue weighted by Gasteiger charge is -2.28. The number of urea groups is 1. The van der Waals surface area contributed by atoms with Gasteiger partial charge in [0.25, 0.3) is 11.8 Å². The quantitative estimate of drug-likeness (QED) is 0.255. The molecular formula is C29H20ClFN2O4. The van der Waals surface area contributed by atoms with Gasteiger partial charge in [-0.2, -0.15) is 0 Å². The van der Waals surface area contributed by atoms with E-state index in [4.69, 9.17) is 16.3 Å². The van der Waals surface area contributed by atoms with Crippen molar-refractivity contribution in [3.63, 3.8) is 0 Å². The van der Waals surface area contributed by atoms with E-state index in [2.05, 4.69) is 5.32 Å². The van der Waals surface area contributed by atoms with Crippen molar-refractivity contribution in [3.8, 4) is 5.75 Å². The zero-order valence-electron chi connectivity index (χ0n) is 19.6. The van der Waals surface area contributed by atoms with Gasteiger partial charge in [-0.25, -0.2) is 14.1 Å². The predicted molar refractivity (Wildman–Crippen MR) is 140 cm³/mol.